The number of hydrogen-bond donors (Lipinski definition) is 0. The summed E-state index contributed by atoms with van der Waals surface area (Å²) < 4.78 is 8.75. The summed E-state index contributed by atoms with van der Waals surface area (Å²) in [5, 5.41) is 6.98. The van der Waals surface area contributed by atoms with Crippen LogP contribution in [0.5, 0.6) is 0 Å². The number of hydrogen-bond acceptors (Lipinski definition) is 4. The molecule has 0 amide bonds. The van der Waals surface area contributed by atoms with Gasteiger partial charge in [0.05, 0.1) is 16.6 Å². The predicted molar refractivity (Wildman–Crippen MR) is 195 cm³/mol. The van der Waals surface area contributed by atoms with E-state index >= 15 is 0 Å². The van der Waals surface area contributed by atoms with Gasteiger partial charge in [0.2, 0.25) is 0 Å². The topological polar surface area (TPSA) is 56.7 Å². The van der Waals surface area contributed by atoms with Crippen molar-refractivity contribution in [3.05, 3.63) is 158 Å². The maximum absolute atomic E-state index is 6.41. The maximum Gasteiger partial charge on any atom is 0.167 e. The molecular formula is C43H26N4O. The van der Waals surface area contributed by atoms with Crippen LogP contribution in [0, 0.1) is 0 Å². The molecule has 10 aromatic rings. The highest BCUT2D eigenvalue weighted by molar-refractivity contribution is 6.13. The monoisotopic (exact) mass is 614 g/mol. The summed E-state index contributed by atoms with van der Waals surface area (Å²) in [6.45, 7) is 0. The molecule has 10 rings (SSSR count). The minimum absolute atomic E-state index is 0.567. The number of aromatic nitrogens is 4. The van der Waals surface area contributed by atoms with Crippen molar-refractivity contribution in [1.82, 2.24) is 19.5 Å². The van der Waals surface area contributed by atoms with Gasteiger partial charge in [-0.1, -0.05) is 115 Å². The van der Waals surface area contributed by atoms with E-state index in [0.717, 1.165) is 55.3 Å². The highest BCUT2D eigenvalue weighted by atomic mass is 16.3. The molecule has 0 spiro atoms. The Morgan fingerprint density at radius 3 is 1.94 bits per heavy atom. The number of nitrogens with zero attached hydrogens (tertiary/aromatic N) is 4. The van der Waals surface area contributed by atoms with E-state index in [0.29, 0.717) is 17.5 Å². The quantitative estimate of drug-likeness (QED) is 0.198. The van der Waals surface area contributed by atoms with E-state index in [2.05, 4.69) is 102 Å². The van der Waals surface area contributed by atoms with Crippen LogP contribution in [0.25, 0.3) is 94.4 Å². The smallest absolute Gasteiger partial charge is 0.167 e. The van der Waals surface area contributed by atoms with Crippen LogP contribution in [0.4, 0.5) is 0 Å². The van der Waals surface area contributed by atoms with Gasteiger partial charge in [-0.3, -0.25) is 0 Å². The molecule has 224 valence electrons. The summed E-state index contributed by atoms with van der Waals surface area (Å²) in [6, 6.07) is 54.6. The Morgan fingerprint density at radius 2 is 1.06 bits per heavy atom. The van der Waals surface area contributed by atoms with Gasteiger partial charge in [0.25, 0.3) is 0 Å². The standard InChI is InChI=1S/C43H26N4O/c1-2-12-27(13-3-1)41-44-42(46-43(45-41)35-21-11-20-34-33-19-7-9-23-39(33)48-40(34)35)30-16-10-17-31(24-30)47-37-22-8-6-18-32(37)36-25-28-14-4-5-15-29(28)26-38(36)47/h1-26H. The van der Waals surface area contributed by atoms with Gasteiger partial charge in [0.15, 0.2) is 17.5 Å². The summed E-state index contributed by atoms with van der Waals surface area (Å²) in [5.74, 6) is 1.77. The molecule has 3 heterocycles. The van der Waals surface area contributed by atoms with Gasteiger partial charge in [-0.2, -0.15) is 0 Å². The molecule has 0 aliphatic heterocycles. The molecular weight excluding hydrogens is 589 g/mol. The highest BCUT2D eigenvalue weighted by Crippen LogP contribution is 2.37. The minimum Gasteiger partial charge on any atom is -0.455 e. The molecule has 0 bridgehead atoms. The average Bonchev–Trinajstić information content (AvgIpc) is 3.69. The van der Waals surface area contributed by atoms with Crippen molar-refractivity contribution in [2.24, 2.45) is 0 Å². The first kappa shape index (κ1) is 26.6. The van der Waals surface area contributed by atoms with Crippen LogP contribution in [0.15, 0.2) is 162 Å². The number of para-hydroxylation sites is 3. The van der Waals surface area contributed by atoms with Gasteiger partial charge < -0.3 is 8.98 Å². The molecule has 3 aromatic heterocycles. The summed E-state index contributed by atoms with van der Waals surface area (Å²) >= 11 is 0. The Kier molecular flexibility index (Phi) is 5.81. The third-order valence-corrected chi connectivity index (χ3v) is 9.22. The van der Waals surface area contributed by atoms with Crippen LogP contribution in [-0.2, 0) is 0 Å². The van der Waals surface area contributed by atoms with E-state index in [1.54, 1.807) is 0 Å². The molecule has 5 heteroatoms. The van der Waals surface area contributed by atoms with Crippen LogP contribution in [0.1, 0.15) is 0 Å². The van der Waals surface area contributed by atoms with Gasteiger partial charge >= 0.3 is 0 Å². The van der Waals surface area contributed by atoms with Crippen LogP contribution < -0.4 is 0 Å². The van der Waals surface area contributed by atoms with Crippen molar-refractivity contribution in [2.45, 2.75) is 0 Å². The summed E-state index contributed by atoms with van der Waals surface area (Å²) in [7, 11) is 0. The van der Waals surface area contributed by atoms with E-state index in [1.807, 2.05) is 60.7 Å². The molecule has 5 nitrogen and oxygen atoms in total. The normalized spacial score (nSPS) is 11.8. The second-order valence-corrected chi connectivity index (χ2v) is 12.1. The van der Waals surface area contributed by atoms with E-state index in [-0.39, 0.29) is 0 Å². The molecule has 0 saturated carbocycles. The van der Waals surface area contributed by atoms with Crippen LogP contribution in [0.2, 0.25) is 0 Å². The second kappa shape index (κ2) is 10.5. The molecule has 0 atom stereocenters. The first-order chi connectivity index (χ1) is 23.8. The number of fused-ring (bicyclic) bond motifs is 7. The predicted octanol–water partition coefficient (Wildman–Crippen LogP) is 11.0. The third kappa shape index (κ3) is 4.15. The SMILES string of the molecule is c1ccc(-c2nc(-c3cccc(-n4c5ccccc5c5cc6ccccc6cc54)c3)nc(-c3cccc4c3oc3ccccc34)n2)cc1. The van der Waals surface area contributed by atoms with Gasteiger partial charge in [0.1, 0.15) is 11.2 Å². The van der Waals surface area contributed by atoms with Crippen molar-refractivity contribution in [3.8, 4) is 39.9 Å². The fourth-order valence-electron chi connectivity index (χ4n) is 6.98. The average molecular weight is 615 g/mol. The Balaban J connectivity index is 1.20. The zero-order valence-corrected chi connectivity index (χ0v) is 25.7. The lowest BCUT2D eigenvalue weighted by molar-refractivity contribution is 0.669. The lowest BCUT2D eigenvalue weighted by Crippen LogP contribution is -2.01. The minimum atomic E-state index is 0.567. The van der Waals surface area contributed by atoms with E-state index < -0.39 is 0 Å². The van der Waals surface area contributed by atoms with Crippen molar-refractivity contribution in [3.63, 3.8) is 0 Å². The Hall–Kier alpha value is -6.59. The summed E-state index contributed by atoms with van der Waals surface area (Å²) in [4.78, 5) is 15.2. The van der Waals surface area contributed by atoms with Gasteiger partial charge in [-0.05, 0) is 53.2 Å². The molecule has 0 saturated heterocycles. The number of furan rings is 1. The fourth-order valence-corrected chi connectivity index (χ4v) is 6.98. The van der Waals surface area contributed by atoms with Crippen LogP contribution in [0.3, 0.4) is 0 Å². The van der Waals surface area contributed by atoms with E-state index in [9.17, 15) is 0 Å². The van der Waals surface area contributed by atoms with Gasteiger partial charge in [-0.15, -0.1) is 0 Å². The van der Waals surface area contributed by atoms with Gasteiger partial charge in [-0.25, -0.2) is 15.0 Å². The summed E-state index contributed by atoms with van der Waals surface area (Å²) in [5.41, 5.74) is 7.60. The molecule has 0 radical (unpaired) electrons. The molecule has 0 N–H and O–H groups in total. The molecule has 0 aliphatic carbocycles. The van der Waals surface area contributed by atoms with Crippen molar-refractivity contribution in [2.75, 3.05) is 0 Å². The maximum atomic E-state index is 6.41. The molecule has 48 heavy (non-hydrogen) atoms. The molecule has 0 unspecified atom stereocenters. The second-order valence-electron chi connectivity index (χ2n) is 12.1. The first-order valence-corrected chi connectivity index (χ1v) is 16.0. The van der Waals surface area contributed by atoms with Crippen LogP contribution in [-0.4, -0.2) is 19.5 Å². The summed E-state index contributed by atoms with van der Waals surface area (Å²) in [6.07, 6.45) is 0. The largest absolute Gasteiger partial charge is 0.455 e. The third-order valence-electron chi connectivity index (χ3n) is 9.22. The van der Waals surface area contributed by atoms with Gasteiger partial charge in [0, 0.05) is 38.4 Å². The first-order valence-electron chi connectivity index (χ1n) is 16.0. The van der Waals surface area contributed by atoms with Crippen LogP contribution >= 0.6 is 0 Å². The lowest BCUT2D eigenvalue weighted by atomic mass is 10.1. The van der Waals surface area contributed by atoms with E-state index in [4.69, 9.17) is 19.4 Å². The molecule has 7 aromatic carbocycles. The molecule has 0 fully saturated rings. The highest BCUT2D eigenvalue weighted by Gasteiger charge is 2.19. The van der Waals surface area contributed by atoms with Crippen molar-refractivity contribution >= 4 is 54.5 Å². The Bertz CT molecular complexity index is 2850. The zero-order valence-electron chi connectivity index (χ0n) is 25.7. The number of benzene rings is 7. The lowest BCUT2D eigenvalue weighted by Gasteiger charge is -2.12. The Morgan fingerprint density at radius 1 is 0.417 bits per heavy atom. The van der Waals surface area contributed by atoms with E-state index in [1.165, 1.54) is 21.5 Å². The van der Waals surface area contributed by atoms with Crippen molar-refractivity contribution < 1.29 is 4.42 Å². The molecule has 0 aliphatic rings. The Labute approximate surface area is 275 Å². The number of rotatable bonds is 4. The van der Waals surface area contributed by atoms with Crippen molar-refractivity contribution in [1.29, 1.82) is 0 Å². The fraction of sp³-hybridized carbons (Fsp3) is 0. The zero-order chi connectivity index (χ0) is 31.6.